The Morgan fingerprint density at radius 2 is 1.50 bits per heavy atom. The van der Waals surface area contributed by atoms with Crippen LogP contribution in [0.1, 0.15) is 51.0 Å². The molecule has 1 heterocycles. The van der Waals surface area contributed by atoms with E-state index >= 15 is 0 Å². The molecule has 1 saturated carbocycles. The van der Waals surface area contributed by atoms with Gasteiger partial charge in [0.05, 0.1) is 16.8 Å². The van der Waals surface area contributed by atoms with Gasteiger partial charge in [0, 0.05) is 41.9 Å². The van der Waals surface area contributed by atoms with Crippen molar-refractivity contribution in [1.82, 2.24) is 4.48 Å². The second-order valence-corrected chi connectivity index (χ2v) is 8.97. The van der Waals surface area contributed by atoms with Crippen LogP contribution in [0.2, 0.25) is 15.1 Å². The number of halogens is 3. The van der Waals surface area contributed by atoms with Gasteiger partial charge in [-0.3, -0.25) is 0 Å². The van der Waals surface area contributed by atoms with Crippen LogP contribution in [0.4, 0.5) is 5.69 Å². The molecule has 0 bridgehead atoms. The van der Waals surface area contributed by atoms with E-state index in [-0.39, 0.29) is 0 Å². The highest BCUT2D eigenvalue weighted by atomic mass is 35.5. The van der Waals surface area contributed by atoms with Gasteiger partial charge >= 0.3 is 0 Å². The molecule has 1 fully saturated rings. The fraction of sp³-hybridized carbons (Fsp3) is 0.348. The fourth-order valence-electron chi connectivity index (χ4n) is 4.75. The molecule has 1 atom stereocenters. The minimum absolute atomic E-state index is 0.424. The largest absolute Gasteiger partial charge is 0.246 e. The Balaban J connectivity index is 1.92. The highest BCUT2D eigenvalue weighted by molar-refractivity contribution is 6.37. The van der Waals surface area contributed by atoms with Crippen molar-refractivity contribution >= 4 is 46.3 Å². The quantitative estimate of drug-likeness (QED) is 0.343. The maximum Gasteiger partial charge on any atom is 0.246 e. The molecule has 2 aromatic carbocycles. The average Bonchev–Trinajstić information content (AvgIpc) is 2.85. The molecule has 1 aliphatic heterocycles. The summed E-state index contributed by atoms with van der Waals surface area (Å²) in [6.07, 6.45) is 9.41. The summed E-state index contributed by atoms with van der Waals surface area (Å²) in [5.41, 5.74) is 3.35. The molecule has 0 N–H and O–H groups in total. The topological polar surface area (TPSA) is 12.4 Å². The molecule has 0 amide bonds. The van der Waals surface area contributed by atoms with Crippen LogP contribution in [0, 0.1) is 0 Å². The van der Waals surface area contributed by atoms with E-state index in [4.69, 9.17) is 39.8 Å². The lowest BCUT2D eigenvalue weighted by Crippen LogP contribution is -2.58. The smallest absolute Gasteiger partial charge is 0.210 e. The maximum absolute atomic E-state index is 6.65. The van der Waals surface area contributed by atoms with Gasteiger partial charge in [-0.1, -0.05) is 47.6 Å². The first kappa shape index (κ1) is 20.0. The van der Waals surface area contributed by atoms with E-state index in [2.05, 4.69) is 19.1 Å². The first-order chi connectivity index (χ1) is 13.5. The van der Waals surface area contributed by atoms with Gasteiger partial charge in [0.25, 0.3) is 0 Å². The molecule has 4 rings (SSSR count). The minimum Gasteiger partial charge on any atom is -0.210 e. The van der Waals surface area contributed by atoms with Gasteiger partial charge in [-0.25, -0.2) is 4.48 Å². The van der Waals surface area contributed by atoms with Crippen molar-refractivity contribution in [3.05, 3.63) is 75.0 Å². The number of hydrogen-bond acceptors (Lipinski definition) is 1. The average molecular weight is 435 g/mol. The first-order valence-corrected chi connectivity index (χ1v) is 11.0. The molecule has 0 spiro atoms. The summed E-state index contributed by atoms with van der Waals surface area (Å²) in [5.74, 6) is 0.980. The third kappa shape index (κ3) is 3.41. The molecule has 5 heteroatoms. The van der Waals surface area contributed by atoms with Crippen LogP contribution in [0.25, 0.3) is 0 Å². The molecular weight excluding hydrogens is 411 g/mol. The summed E-state index contributed by atoms with van der Waals surface area (Å²) in [5, 5.41) is 2.02. The fourth-order valence-corrected chi connectivity index (χ4v) is 5.37. The van der Waals surface area contributed by atoms with E-state index in [1.807, 2.05) is 30.5 Å². The molecule has 28 heavy (non-hydrogen) atoms. The molecule has 146 valence electrons. The second kappa shape index (κ2) is 8.20. The minimum atomic E-state index is 0.424. The van der Waals surface area contributed by atoms with Crippen molar-refractivity contribution in [1.29, 1.82) is 0 Å². The molecule has 0 radical (unpaired) electrons. The number of rotatable bonds is 3. The highest BCUT2D eigenvalue weighted by Gasteiger charge is 2.50. The number of benzene rings is 2. The Hall–Kier alpha value is -1.32. The van der Waals surface area contributed by atoms with Gasteiger partial charge in [0.15, 0.2) is 0 Å². The predicted octanol–water partition coefficient (Wildman–Crippen LogP) is 8.00. The van der Waals surface area contributed by atoms with Gasteiger partial charge in [-0.05, 0) is 43.2 Å². The van der Waals surface area contributed by atoms with Gasteiger partial charge in [0.1, 0.15) is 17.4 Å². The first-order valence-electron chi connectivity index (χ1n) is 9.89. The van der Waals surface area contributed by atoms with Crippen molar-refractivity contribution in [3.63, 3.8) is 0 Å². The summed E-state index contributed by atoms with van der Waals surface area (Å²) in [6.45, 7) is 2.18. The number of aliphatic imine (C=N–C) groups is 1. The van der Waals surface area contributed by atoms with Gasteiger partial charge in [-0.15, -0.1) is 0 Å². The second-order valence-electron chi connectivity index (χ2n) is 7.69. The summed E-state index contributed by atoms with van der Waals surface area (Å²) >= 11 is 19.0. The standard InChI is InChI=1S/C23H24Cl3N2/c1-16-15-27-23(21-13-10-18(25)14-22(21)26)28(16,19-6-4-2-3-5-7-19)20-11-8-17(24)9-12-20/h8-15,19H,2-7H2,1H3/q+1. The Bertz CT molecular complexity index is 925. The van der Waals surface area contributed by atoms with E-state index < -0.39 is 0 Å². The lowest BCUT2D eigenvalue weighted by atomic mass is 9.98. The molecule has 1 aliphatic carbocycles. The number of quaternary nitrogens is 1. The normalized spacial score (nSPS) is 23.3. The van der Waals surface area contributed by atoms with E-state index in [1.54, 1.807) is 6.07 Å². The van der Waals surface area contributed by atoms with Crippen LogP contribution < -0.4 is 4.48 Å². The van der Waals surface area contributed by atoms with E-state index in [0.29, 0.717) is 20.6 Å². The Morgan fingerprint density at radius 1 is 0.857 bits per heavy atom. The Kier molecular flexibility index (Phi) is 5.85. The number of allylic oxidation sites excluding steroid dienone is 1. The third-order valence-corrected chi connectivity index (χ3v) is 6.84. The van der Waals surface area contributed by atoms with Crippen LogP contribution in [-0.2, 0) is 0 Å². The number of hydrogen-bond donors (Lipinski definition) is 0. The molecule has 1 unspecified atom stereocenters. The van der Waals surface area contributed by atoms with Crippen LogP contribution in [0.15, 0.2) is 59.4 Å². The van der Waals surface area contributed by atoms with Crippen molar-refractivity contribution in [2.75, 3.05) is 0 Å². The highest BCUT2D eigenvalue weighted by Crippen LogP contribution is 2.44. The Labute approximate surface area is 182 Å². The van der Waals surface area contributed by atoms with Crippen molar-refractivity contribution < 1.29 is 0 Å². The molecular formula is C23H24Cl3N2+. The monoisotopic (exact) mass is 433 g/mol. The van der Waals surface area contributed by atoms with Gasteiger partial charge < -0.3 is 0 Å². The van der Waals surface area contributed by atoms with Crippen molar-refractivity contribution in [2.45, 2.75) is 51.5 Å². The third-order valence-electron chi connectivity index (χ3n) is 6.04. The zero-order chi connectivity index (χ0) is 19.7. The summed E-state index contributed by atoms with van der Waals surface area (Å²) in [6, 6.07) is 14.3. The maximum atomic E-state index is 6.65. The van der Waals surface area contributed by atoms with Crippen LogP contribution in [0.5, 0.6) is 0 Å². The lowest BCUT2D eigenvalue weighted by Gasteiger charge is -2.42. The lowest BCUT2D eigenvalue weighted by molar-refractivity contribution is 0.339. The molecule has 0 saturated heterocycles. The van der Waals surface area contributed by atoms with E-state index in [9.17, 15) is 0 Å². The van der Waals surface area contributed by atoms with Gasteiger partial charge in [-0.2, -0.15) is 4.99 Å². The van der Waals surface area contributed by atoms with Crippen LogP contribution in [-0.4, -0.2) is 11.9 Å². The SMILES string of the molecule is CC1=CN=C(c2ccc(Cl)cc2Cl)[N+]1(c1ccc(Cl)cc1)C1CCCCCC1. The number of amidine groups is 1. The van der Waals surface area contributed by atoms with Crippen LogP contribution >= 0.6 is 34.8 Å². The molecule has 2 aliphatic rings. The zero-order valence-electron chi connectivity index (χ0n) is 16.0. The zero-order valence-corrected chi connectivity index (χ0v) is 18.2. The van der Waals surface area contributed by atoms with Gasteiger partial charge in [0.2, 0.25) is 5.84 Å². The summed E-state index contributed by atoms with van der Waals surface area (Å²) in [4.78, 5) is 4.90. The van der Waals surface area contributed by atoms with E-state index in [1.165, 1.54) is 37.1 Å². The van der Waals surface area contributed by atoms with E-state index in [0.717, 1.165) is 29.3 Å². The van der Waals surface area contributed by atoms with Crippen molar-refractivity contribution in [3.8, 4) is 0 Å². The molecule has 0 aromatic heterocycles. The number of nitrogens with zero attached hydrogens (tertiary/aromatic N) is 2. The molecule has 2 aromatic rings. The molecule has 2 nitrogen and oxygen atoms in total. The van der Waals surface area contributed by atoms with Crippen LogP contribution in [0.3, 0.4) is 0 Å². The summed E-state index contributed by atoms with van der Waals surface area (Å²) < 4.78 is 0.624. The summed E-state index contributed by atoms with van der Waals surface area (Å²) in [7, 11) is 0. The predicted molar refractivity (Wildman–Crippen MR) is 121 cm³/mol. The Morgan fingerprint density at radius 3 is 2.14 bits per heavy atom. The van der Waals surface area contributed by atoms with Crippen molar-refractivity contribution in [2.24, 2.45) is 4.99 Å².